The number of thiazole rings is 1. The minimum absolute atomic E-state index is 0.0963. The van der Waals surface area contributed by atoms with Crippen LogP contribution in [0.1, 0.15) is 29.7 Å². The van der Waals surface area contributed by atoms with Crippen molar-refractivity contribution in [2.75, 3.05) is 31.8 Å². The first-order valence-corrected chi connectivity index (χ1v) is 15.9. The lowest BCUT2D eigenvalue weighted by atomic mass is 9.95. The van der Waals surface area contributed by atoms with E-state index < -0.39 is 17.7 Å². The highest BCUT2D eigenvalue weighted by Gasteiger charge is 2.48. The third-order valence-electron chi connectivity index (χ3n) is 7.87. The number of fused-ring (bicyclic) bond motifs is 2. The number of ether oxygens (including phenoxy) is 5. The average molecular weight is 651 g/mol. The van der Waals surface area contributed by atoms with E-state index in [-0.39, 0.29) is 11.3 Å². The number of ketones is 1. The molecule has 238 valence electrons. The molecule has 0 bridgehead atoms. The Hall–Kier alpha value is -5.55. The summed E-state index contributed by atoms with van der Waals surface area (Å²) in [6, 6.07) is 24.2. The third-order valence-corrected chi connectivity index (χ3v) is 8.88. The molecule has 3 heterocycles. The number of hydrogen-bond donors (Lipinski definition) is 1. The van der Waals surface area contributed by atoms with Gasteiger partial charge in [0.1, 0.15) is 31.3 Å². The van der Waals surface area contributed by atoms with Gasteiger partial charge in [-0.15, -0.1) is 0 Å². The minimum Gasteiger partial charge on any atom is -0.507 e. The van der Waals surface area contributed by atoms with Crippen molar-refractivity contribution < 1.29 is 38.4 Å². The zero-order valence-electron chi connectivity index (χ0n) is 25.6. The molecule has 1 fully saturated rings. The standard InChI is InChI=1S/C36H30N2O8S/c1-3-43-24-11-12-25-30(19-24)47-36(37-25)38-32(22-9-13-26(28(17-22)42-2)46-20-21-7-5-4-6-8-21)31(34(40)35(38)41)33(39)23-10-14-27-29(18-23)45-16-15-44-27/h4-14,17-19,32,39H,3,15-16,20H2,1-2H3/b33-31+/t32-/m1/s1. The molecule has 47 heavy (non-hydrogen) atoms. The van der Waals surface area contributed by atoms with Gasteiger partial charge in [-0.3, -0.25) is 14.5 Å². The minimum atomic E-state index is -1.04. The number of hydrogen-bond acceptors (Lipinski definition) is 10. The highest BCUT2D eigenvalue weighted by atomic mass is 32.1. The van der Waals surface area contributed by atoms with Gasteiger partial charge in [0.15, 0.2) is 28.1 Å². The van der Waals surface area contributed by atoms with Crippen molar-refractivity contribution in [2.45, 2.75) is 19.6 Å². The fourth-order valence-electron chi connectivity index (χ4n) is 5.65. The van der Waals surface area contributed by atoms with E-state index in [0.717, 1.165) is 10.3 Å². The second-order valence-corrected chi connectivity index (χ2v) is 11.8. The van der Waals surface area contributed by atoms with Crippen LogP contribution in [-0.4, -0.2) is 48.7 Å². The number of aliphatic hydroxyl groups is 1. The number of anilines is 1. The zero-order chi connectivity index (χ0) is 32.5. The van der Waals surface area contributed by atoms with E-state index in [1.165, 1.54) is 23.3 Å². The molecule has 1 aromatic heterocycles. The van der Waals surface area contributed by atoms with Gasteiger partial charge in [0.2, 0.25) is 0 Å². The molecule has 0 unspecified atom stereocenters. The Morgan fingerprint density at radius 1 is 0.936 bits per heavy atom. The molecule has 5 aromatic rings. The SMILES string of the molecule is CCOc1ccc2nc(N3C(=O)C(=O)/C(=C(/O)c4ccc5c(c4)OCCO5)[C@H]3c3ccc(OCc4ccccc4)c(OC)c3)sc2c1. The number of carbonyl (C=O) groups excluding carboxylic acids is 2. The van der Waals surface area contributed by atoms with Crippen LogP contribution < -0.4 is 28.6 Å². The van der Waals surface area contributed by atoms with Crippen molar-refractivity contribution in [1.82, 2.24) is 4.98 Å². The van der Waals surface area contributed by atoms with Crippen LogP contribution in [0.25, 0.3) is 16.0 Å². The van der Waals surface area contributed by atoms with Gasteiger partial charge in [0, 0.05) is 5.56 Å². The van der Waals surface area contributed by atoms with Crippen molar-refractivity contribution in [1.29, 1.82) is 0 Å². The second kappa shape index (κ2) is 12.7. The van der Waals surface area contributed by atoms with Gasteiger partial charge in [-0.1, -0.05) is 47.7 Å². The summed E-state index contributed by atoms with van der Waals surface area (Å²) < 4.78 is 29.6. The molecule has 0 aliphatic carbocycles. The lowest BCUT2D eigenvalue weighted by molar-refractivity contribution is -0.132. The maximum absolute atomic E-state index is 13.9. The Labute approximate surface area is 274 Å². The smallest absolute Gasteiger partial charge is 0.301 e. The Bertz CT molecular complexity index is 2020. The highest BCUT2D eigenvalue weighted by molar-refractivity contribution is 7.22. The zero-order valence-corrected chi connectivity index (χ0v) is 26.4. The number of rotatable bonds is 9. The van der Waals surface area contributed by atoms with Crippen LogP contribution >= 0.6 is 11.3 Å². The van der Waals surface area contributed by atoms with Crippen molar-refractivity contribution >= 4 is 44.1 Å². The van der Waals surface area contributed by atoms with E-state index in [2.05, 4.69) is 0 Å². The summed E-state index contributed by atoms with van der Waals surface area (Å²) in [5.74, 6) is 0.493. The largest absolute Gasteiger partial charge is 0.507 e. The van der Waals surface area contributed by atoms with Crippen LogP contribution in [0.3, 0.4) is 0 Å². The third kappa shape index (κ3) is 5.70. The average Bonchev–Trinajstić information content (AvgIpc) is 3.64. The molecule has 2 aliphatic rings. The molecule has 2 aliphatic heterocycles. The molecule has 11 heteroatoms. The number of carbonyl (C=O) groups is 2. The normalized spacial score (nSPS) is 16.8. The number of nitrogens with zero attached hydrogens (tertiary/aromatic N) is 2. The molecular weight excluding hydrogens is 620 g/mol. The molecule has 0 saturated carbocycles. The molecule has 0 spiro atoms. The van der Waals surface area contributed by atoms with Crippen LogP contribution in [0.4, 0.5) is 5.13 Å². The van der Waals surface area contributed by atoms with Gasteiger partial charge in [0.05, 0.1) is 35.5 Å². The Kier molecular flexibility index (Phi) is 8.13. The van der Waals surface area contributed by atoms with Gasteiger partial charge in [-0.05, 0) is 66.6 Å². The van der Waals surface area contributed by atoms with Crippen LogP contribution in [0.2, 0.25) is 0 Å². The molecule has 7 rings (SSSR count). The van der Waals surface area contributed by atoms with Crippen LogP contribution in [0.15, 0.2) is 90.5 Å². The van der Waals surface area contributed by atoms with Crippen LogP contribution in [0.5, 0.6) is 28.7 Å². The topological polar surface area (TPSA) is 117 Å². The monoisotopic (exact) mass is 650 g/mol. The molecule has 0 radical (unpaired) electrons. The van der Waals surface area contributed by atoms with E-state index in [1.807, 2.05) is 55.5 Å². The number of amides is 1. The van der Waals surface area contributed by atoms with Gasteiger partial charge in [0.25, 0.3) is 5.78 Å². The lowest BCUT2D eigenvalue weighted by Gasteiger charge is -2.24. The number of benzene rings is 4. The Balaban J connectivity index is 1.34. The number of Topliss-reactive ketones (excluding diaryl/α,β-unsaturated/α-hetero) is 1. The number of aromatic nitrogens is 1. The first-order chi connectivity index (χ1) is 22.9. The molecule has 1 N–H and O–H groups in total. The Morgan fingerprint density at radius 2 is 1.74 bits per heavy atom. The van der Waals surface area contributed by atoms with Gasteiger partial charge < -0.3 is 28.8 Å². The molecule has 1 atom stereocenters. The number of methoxy groups -OCH3 is 1. The fraction of sp³-hybridized carbons (Fsp3) is 0.194. The van der Waals surface area contributed by atoms with Crippen molar-refractivity contribution in [3.8, 4) is 28.7 Å². The molecule has 1 amide bonds. The van der Waals surface area contributed by atoms with E-state index >= 15 is 0 Å². The second-order valence-electron chi connectivity index (χ2n) is 10.8. The molecule has 10 nitrogen and oxygen atoms in total. The van der Waals surface area contributed by atoms with E-state index in [0.29, 0.717) is 77.0 Å². The summed E-state index contributed by atoms with van der Waals surface area (Å²) in [5, 5.41) is 12.0. The van der Waals surface area contributed by atoms with Gasteiger partial charge in [-0.25, -0.2) is 4.98 Å². The van der Waals surface area contributed by atoms with E-state index in [4.69, 9.17) is 28.7 Å². The van der Waals surface area contributed by atoms with Crippen molar-refractivity contribution in [3.05, 3.63) is 107 Å². The quantitative estimate of drug-likeness (QED) is 0.106. The first-order valence-electron chi connectivity index (χ1n) is 15.0. The molecule has 4 aromatic carbocycles. The summed E-state index contributed by atoms with van der Waals surface area (Å²) in [6.07, 6.45) is 0. The maximum Gasteiger partial charge on any atom is 0.301 e. The maximum atomic E-state index is 13.9. The predicted octanol–water partition coefficient (Wildman–Crippen LogP) is 6.68. The summed E-state index contributed by atoms with van der Waals surface area (Å²) in [4.78, 5) is 33.8. The van der Waals surface area contributed by atoms with E-state index in [1.54, 1.807) is 36.4 Å². The van der Waals surface area contributed by atoms with Crippen molar-refractivity contribution in [2.24, 2.45) is 0 Å². The molecule has 1 saturated heterocycles. The predicted molar refractivity (Wildman–Crippen MR) is 177 cm³/mol. The summed E-state index contributed by atoms with van der Waals surface area (Å²) in [6.45, 7) is 3.47. The van der Waals surface area contributed by atoms with E-state index in [9.17, 15) is 14.7 Å². The fourth-order valence-corrected chi connectivity index (χ4v) is 6.67. The van der Waals surface area contributed by atoms with Gasteiger partial charge in [-0.2, -0.15) is 0 Å². The Morgan fingerprint density at radius 3 is 2.53 bits per heavy atom. The van der Waals surface area contributed by atoms with Crippen LogP contribution in [0, 0.1) is 0 Å². The van der Waals surface area contributed by atoms with Crippen LogP contribution in [-0.2, 0) is 16.2 Å². The molecular formula is C36H30N2O8S. The number of aliphatic hydroxyl groups excluding tert-OH is 1. The summed E-state index contributed by atoms with van der Waals surface area (Å²) in [7, 11) is 1.52. The summed E-state index contributed by atoms with van der Waals surface area (Å²) in [5.41, 5.74) is 2.35. The first kappa shape index (κ1) is 30.1. The lowest BCUT2D eigenvalue weighted by Crippen LogP contribution is -2.29. The highest BCUT2D eigenvalue weighted by Crippen LogP contribution is 2.47. The van der Waals surface area contributed by atoms with Crippen molar-refractivity contribution in [3.63, 3.8) is 0 Å². The summed E-state index contributed by atoms with van der Waals surface area (Å²) >= 11 is 1.25. The van der Waals surface area contributed by atoms with Gasteiger partial charge >= 0.3 is 5.91 Å².